The summed E-state index contributed by atoms with van der Waals surface area (Å²) in [6.07, 6.45) is 4.50. The Morgan fingerprint density at radius 2 is 1.78 bits per heavy atom. The van der Waals surface area contributed by atoms with Crippen molar-refractivity contribution in [2.75, 3.05) is 26.7 Å². The highest BCUT2D eigenvalue weighted by atomic mass is 16.2. The van der Waals surface area contributed by atoms with E-state index >= 15 is 0 Å². The molecule has 1 atom stereocenters. The highest BCUT2D eigenvalue weighted by molar-refractivity contribution is 5.86. The van der Waals surface area contributed by atoms with E-state index in [1.807, 2.05) is 11.8 Å². The summed E-state index contributed by atoms with van der Waals surface area (Å²) in [5.74, 6) is -0.0410. The first-order valence-electron chi connectivity index (χ1n) is 6.86. The summed E-state index contributed by atoms with van der Waals surface area (Å²) in [5.41, 5.74) is 0. The van der Waals surface area contributed by atoms with Crippen LogP contribution in [0.15, 0.2) is 0 Å². The number of carbonyl (C=O) groups excluding carboxylic acids is 2. The maximum Gasteiger partial charge on any atom is 0.318 e. The predicted octanol–water partition coefficient (Wildman–Crippen LogP) is 1.44. The molecule has 0 bridgehead atoms. The molecule has 0 radical (unpaired) electrons. The summed E-state index contributed by atoms with van der Waals surface area (Å²) in [7, 11) is 1.75. The van der Waals surface area contributed by atoms with Crippen molar-refractivity contribution < 1.29 is 9.59 Å². The normalized spacial score (nSPS) is 17.8. The van der Waals surface area contributed by atoms with E-state index in [9.17, 15) is 9.59 Å². The van der Waals surface area contributed by atoms with Crippen LogP contribution in [0.5, 0.6) is 0 Å². The van der Waals surface area contributed by atoms with Crippen molar-refractivity contribution in [3.63, 3.8) is 0 Å². The first kappa shape index (κ1) is 14.8. The average molecular weight is 255 g/mol. The molecule has 1 fully saturated rings. The number of nitrogens with one attached hydrogen (secondary N) is 1. The number of likely N-dealkylation sites (tertiary alicyclic amines) is 1. The molecule has 1 aliphatic heterocycles. The summed E-state index contributed by atoms with van der Waals surface area (Å²) >= 11 is 0. The first-order valence-corrected chi connectivity index (χ1v) is 6.86. The summed E-state index contributed by atoms with van der Waals surface area (Å²) in [6.45, 7) is 5.92. The van der Waals surface area contributed by atoms with Gasteiger partial charge in [0.2, 0.25) is 5.91 Å². The number of carbonyl (C=O) groups is 2. The van der Waals surface area contributed by atoms with Crippen molar-refractivity contribution in [3.8, 4) is 0 Å². The average Bonchev–Trinajstić information content (AvgIpc) is 2.65. The molecule has 0 aliphatic carbocycles. The van der Waals surface area contributed by atoms with Gasteiger partial charge in [-0.05, 0) is 26.7 Å². The Balaban J connectivity index is 2.45. The van der Waals surface area contributed by atoms with Crippen LogP contribution in [0, 0.1) is 0 Å². The third-order valence-electron chi connectivity index (χ3n) is 3.45. The molecule has 0 spiro atoms. The Morgan fingerprint density at radius 1 is 1.22 bits per heavy atom. The van der Waals surface area contributed by atoms with Gasteiger partial charge in [-0.15, -0.1) is 0 Å². The molecule has 5 nitrogen and oxygen atoms in total. The van der Waals surface area contributed by atoms with Crippen LogP contribution in [0.25, 0.3) is 0 Å². The summed E-state index contributed by atoms with van der Waals surface area (Å²) < 4.78 is 0. The minimum absolute atomic E-state index is 0.0410. The van der Waals surface area contributed by atoms with Crippen LogP contribution < -0.4 is 5.32 Å². The van der Waals surface area contributed by atoms with Gasteiger partial charge in [0.15, 0.2) is 0 Å². The van der Waals surface area contributed by atoms with Crippen molar-refractivity contribution in [2.24, 2.45) is 0 Å². The second-order valence-corrected chi connectivity index (χ2v) is 4.92. The SMILES string of the molecule is CCN(C)C(=O)C(C)NC(=O)N1CCCCCC1. The lowest BCUT2D eigenvalue weighted by Crippen LogP contribution is -2.50. The Morgan fingerprint density at radius 3 is 2.28 bits per heavy atom. The molecule has 5 heteroatoms. The Bertz CT molecular complexity index is 286. The van der Waals surface area contributed by atoms with E-state index in [0.717, 1.165) is 25.9 Å². The predicted molar refractivity (Wildman–Crippen MR) is 71.3 cm³/mol. The second kappa shape index (κ2) is 7.24. The maximum absolute atomic E-state index is 12.0. The van der Waals surface area contributed by atoms with Crippen LogP contribution in [-0.2, 0) is 4.79 Å². The lowest BCUT2D eigenvalue weighted by molar-refractivity contribution is -0.131. The van der Waals surface area contributed by atoms with E-state index in [4.69, 9.17) is 0 Å². The Labute approximate surface area is 110 Å². The van der Waals surface area contributed by atoms with Crippen molar-refractivity contribution >= 4 is 11.9 Å². The van der Waals surface area contributed by atoms with Crippen LogP contribution >= 0.6 is 0 Å². The molecule has 104 valence electrons. The lowest BCUT2D eigenvalue weighted by Gasteiger charge is -2.25. The van der Waals surface area contributed by atoms with E-state index in [-0.39, 0.29) is 11.9 Å². The Hall–Kier alpha value is -1.26. The number of likely N-dealkylation sites (N-methyl/N-ethyl adjacent to an activating group) is 1. The number of hydrogen-bond donors (Lipinski definition) is 1. The molecule has 1 saturated heterocycles. The van der Waals surface area contributed by atoms with Crippen LogP contribution in [0.4, 0.5) is 4.79 Å². The van der Waals surface area contributed by atoms with E-state index in [0.29, 0.717) is 6.54 Å². The molecule has 0 aromatic rings. The quantitative estimate of drug-likeness (QED) is 0.829. The molecular weight excluding hydrogens is 230 g/mol. The highest BCUT2D eigenvalue weighted by Crippen LogP contribution is 2.09. The van der Waals surface area contributed by atoms with Gasteiger partial charge in [-0.2, -0.15) is 0 Å². The van der Waals surface area contributed by atoms with E-state index < -0.39 is 6.04 Å². The zero-order valence-corrected chi connectivity index (χ0v) is 11.7. The molecule has 1 rings (SSSR count). The number of amides is 3. The minimum atomic E-state index is -0.453. The van der Waals surface area contributed by atoms with Gasteiger partial charge in [0.1, 0.15) is 6.04 Å². The number of rotatable bonds is 3. The number of urea groups is 1. The second-order valence-electron chi connectivity index (χ2n) is 4.92. The van der Waals surface area contributed by atoms with Crippen molar-refractivity contribution in [1.82, 2.24) is 15.1 Å². The minimum Gasteiger partial charge on any atom is -0.344 e. The van der Waals surface area contributed by atoms with Crippen molar-refractivity contribution in [3.05, 3.63) is 0 Å². The summed E-state index contributed by atoms with van der Waals surface area (Å²) in [5, 5.41) is 2.79. The van der Waals surface area contributed by atoms with Gasteiger partial charge >= 0.3 is 6.03 Å². The van der Waals surface area contributed by atoms with E-state index in [1.54, 1.807) is 18.9 Å². The van der Waals surface area contributed by atoms with E-state index in [1.165, 1.54) is 12.8 Å². The molecule has 1 heterocycles. The molecular formula is C13H25N3O2. The molecule has 1 N–H and O–H groups in total. The molecule has 3 amide bonds. The third kappa shape index (κ3) is 4.20. The van der Waals surface area contributed by atoms with Gasteiger partial charge in [-0.3, -0.25) is 4.79 Å². The molecule has 1 aliphatic rings. The number of hydrogen-bond acceptors (Lipinski definition) is 2. The van der Waals surface area contributed by atoms with Crippen LogP contribution in [0.1, 0.15) is 39.5 Å². The highest BCUT2D eigenvalue weighted by Gasteiger charge is 2.22. The monoisotopic (exact) mass is 255 g/mol. The van der Waals surface area contributed by atoms with Crippen molar-refractivity contribution in [2.45, 2.75) is 45.6 Å². The third-order valence-corrected chi connectivity index (χ3v) is 3.45. The molecule has 0 aromatic heterocycles. The zero-order valence-electron chi connectivity index (χ0n) is 11.7. The van der Waals surface area contributed by atoms with Crippen molar-refractivity contribution in [1.29, 1.82) is 0 Å². The van der Waals surface area contributed by atoms with Crippen LogP contribution in [0.2, 0.25) is 0 Å². The molecule has 1 unspecified atom stereocenters. The number of nitrogens with zero attached hydrogens (tertiary/aromatic N) is 2. The standard InChI is InChI=1S/C13H25N3O2/c1-4-15(3)12(17)11(2)14-13(18)16-9-7-5-6-8-10-16/h11H,4-10H2,1-3H3,(H,14,18). The van der Waals surface area contributed by atoms with Gasteiger partial charge in [-0.1, -0.05) is 12.8 Å². The topological polar surface area (TPSA) is 52.7 Å². The maximum atomic E-state index is 12.0. The van der Waals surface area contributed by atoms with Gasteiger partial charge < -0.3 is 15.1 Å². The van der Waals surface area contributed by atoms with Gasteiger partial charge in [0.25, 0.3) is 0 Å². The molecule has 0 saturated carbocycles. The van der Waals surface area contributed by atoms with Crippen LogP contribution in [0.3, 0.4) is 0 Å². The Kier molecular flexibility index (Phi) is 5.95. The fourth-order valence-corrected chi connectivity index (χ4v) is 2.10. The van der Waals surface area contributed by atoms with E-state index in [2.05, 4.69) is 5.32 Å². The summed E-state index contributed by atoms with van der Waals surface area (Å²) in [6, 6.07) is -0.562. The largest absolute Gasteiger partial charge is 0.344 e. The zero-order chi connectivity index (χ0) is 13.5. The molecule has 0 aromatic carbocycles. The van der Waals surface area contributed by atoms with Gasteiger partial charge in [0, 0.05) is 26.7 Å². The summed E-state index contributed by atoms with van der Waals surface area (Å²) in [4.78, 5) is 27.3. The smallest absolute Gasteiger partial charge is 0.318 e. The van der Waals surface area contributed by atoms with Crippen LogP contribution in [-0.4, -0.2) is 54.5 Å². The fourth-order valence-electron chi connectivity index (χ4n) is 2.10. The van der Waals surface area contributed by atoms with Gasteiger partial charge in [-0.25, -0.2) is 4.79 Å². The molecule has 18 heavy (non-hydrogen) atoms. The van der Waals surface area contributed by atoms with Gasteiger partial charge in [0.05, 0.1) is 0 Å². The lowest BCUT2D eigenvalue weighted by atomic mass is 10.2. The fraction of sp³-hybridized carbons (Fsp3) is 0.846. The first-order chi connectivity index (χ1) is 8.56.